The number of carbonyl (C=O) groups is 2. The maximum Gasteiger partial charge on any atom is 0.227 e. The molecule has 0 aromatic carbocycles. The highest BCUT2D eigenvalue weighted by Gasteiger charge is 2.28. The molecule has 2 saturated heterocycles. The quantitative estimate of drug-likeness (QED) is 0.682. The van der Waals surface area contributed by atoms with Crippen molar-refractivity contribution >= 4 is 11.8 Å². The molecular formula is C12H21N3O2. The van der Waals surface area contributed by atoms with Crippen LogP contribution in [0.5, 0.6) is 0 Å². The number of piperidine rings is 1. The molecule has 1 N–H and O–H groups in total. The Kier molecular flexibility index (Phi) is 3.99. The molecule has 17 heavy (non-hydrogen) atoms. The van der Waals surface area contributed by atoms with Crippen molar-refractivity contribution in [2.24, 2.45) is 5.92 Å². The van der Waals surface area contributed by atoms with E-state index in [0.29, 0.717) is 19.4 Å². The first-order valence-corrected chi connectivity index (χ1v) is 6.41. The van der Waals surface area contributed by atoms with E-state index in [4.69, 9.17) is 0 Å². The maximum atomic E-state index is 12.3. The number of hydrogen-bond acceptors (Lipinski definition) is 3. The van der Waals surface area contributed by atoms with Crippen molar-refractivity contribution in [1.29, 1.82) is 0 Å². The minimum absolute atomic E-state index is 0.00361. The number of rotatable bonds is 1. The molecule has 2 rings (SSSR count). The van der Waals surface area contributed by atoms with Crippen LogP contribution in [0.2, 0.25) is 0 Å². The molecule has 2 fully saturated rings. The second-order valence-corrected chi connectivity index (χ2v) is 5.02. The second-order valence-electron chi connectivity index (χ2n) is 5.02. The van der Waals surface area contributed by atoms with Gasteiger partial charge in [-0.25, -0.2) is 0 Å². The molecule has 1 unspecified atom stereocenters. The third-order valence-electron chi connectivity index (χ3n) is 3.65. The SMILES string of the molecule is CN1CCCN(C(=O)C2CCC(=O)NC2)CC1. The van der Waals surface area contributed by atoms with Gasteiger partial charge in [-0.15, -0.1) is 0 Å². The second kappa shape index (κ2) is 5.49. The Balaban J connectivity index is 1.88. The summed E-state index contributed by atoms with van der Waals surface area (Å²) in [5, 5.41) is 2.78. The molecule has 0 aromatic heterocycles. The third-order valence-corrected chi connectivity index (χ3v) is 3.65. The van der Waals surface area contributed by atoms with Gasteiger partial charge in [0.05, 0.1) is 5.92 Å². The topological polar surface area (TPSA) is 52.7 Å². The fraction of sp³-hybridized carbons (Fsp3) is 0.833. The first-order chi connectivity index (χ1) is 8.16. The summed E-state index contributed by atoms with van der Waals surface area (Å²) in [5.74, 6) is 0.293. The van der Waals surface area contributed by atoms with Gasteiger partial charge in [-0.05, 0) is 26.4 Å². The van der Waals surface area contributed by atoms with E-state index in [9.17, 15) is 9.59 Å². The molecule has 2 heterocycles. The van der Waals surface area contributed by atoms with Crippen LogP contribution in [0.15, 0.2) is 0 Å². The van der Waals surface area contributed by atoms with E-state index in [1.165, 1.54) is 0 Å². The summed E-state index contributed by atoms with van der Waals surface area (Å²) in [7, 11) is 2.09. The minimum atomic E-state index is -0.00361. The number of nitrogens with one attached hydrogen (secondary N) is 1. The van der Waals surface area contributed by atoms with Crippen LogP contribution in [0.1, 0.15) is 19.3 Å². The smallest absolute Gasteiger partial charge is 0.227 e. The zero-order valence-electron chi connectivity index (χ0n) is 10.4. The van der Waals surface area contributed by atoms with E-state index in [1.807, 2.05) is 4.90 Å². The maximum absolute atomic E-state index is 12.3. The Morgan fingerprint density at radius 2 is 2.12 bits per heavy atom. The third kappa shape index (κ3) is 3.19. The van der Waals surface area contributed by atoms with Crippen LogP contribution in [0.25, 0.3) is 0 Å². The van der Waals surface area contributed by atoms with Gasteiger partial charge >= 0.3 is 0 Å². The molecule has 0 saturated carbocycles. The zero-order valence-corrected chi connectivity index (χ0v) is 10.4. The van der Waals surface area contributed by atoms with E-state index < -0.39 is 0 Å². The summed E-state index contributed by atoms with van der Waals surface area (Å²) in [6.07, 6.45) is 2.24. The summed E-state index contributed by atoms with van der Waals surface area (Å²) in [4.78, 5) is 27.6. The van der Waals surface area contributed by atoms with Crippen LogP contribution < -0.4 is 5.32 Å². The minimum Gasteiger partial charge on any atom is -0.355 e. The molecule has 2 aliphatic heterocycles. The standard InChI is InChI=1S/C12H21N3O2/c1-14-5-2-6-15(8-7-14)12(17)10-3-4-11(16)13-9-10/h10H,2-9H2,1H3,(H,13,16). The molecule has 5 heteroatoms. The number of carbonyl (C=O) groups excluding carboxylic acids is 2. The monoisotopic (exact) mass is 239 g/mol. The summed E-state index contributed by atoms with van der Waals surface area (Å²) in [6.45, 7) is 4.20. The Morgan fingerprint density at radius 1 is 1.29 bits per heavy atom. The van der Waals surface area contributed by atoms with E-state index in [-0.39, 0.29) is 17.7 Å². The largest absolute Gasteiger partial charge is 0.355 e. The van der Waals surface area contributed by atoms with Crippen molar-refractivity contribution < 1.29 is 9.59 Å². The molecule has 0 spiro atoms. The van der Waals surface area contributed by atoms with Crippen molar-refractivity contribution in [2.45, 2.75) is 19.3 Å². The van der Waals surface area contributed by atoms with Gasteiger partial charge in [-0.1, -0.05) is 0 Å². The molecule has 2 aliphatic rings. The molecule has 0 aromatic rings. The van der Waals surface area contributed by atoms with Crippen LogP contribution >= 0.6 is 0 Å². The summed E-state index contributed by atoms with van der Waals surface area (Å²) < 4.78 is 0. The normalized spacial score (nSPS) is 27.5. The highest BCUT2D eigenvalue weighted by molar-refractivity contribution is 5.83. The van der Waals surface area contributed by atoms with Gasteiger partial charge in [0.25, 0.3) is 0 Å². The highest BCUT2D eigenvalue weighted by Crippen LogP contribution is 2.15. The van der Waals surface area contributed by atoms with Crippen molar-refractivity contribution in [3.8, 4) is 0 Å². The molecular weight excluding hydrogens is 218 g/mol. The van der Waals surface area contributed by atoms with Gasteiger partial charge in [0.1, 0.15) is 0 Å². The van der Waals surface area contributed by atoms with Crippen molar-refractivity contribution in [3.05, 3.63) is 0 Å². The van der Waals surface area contributed by atoms with Crippen LogP contribution in [-0.4, -0.2) is 61.4 Å². The predicted octanol–water partition coefficient (Wildman–Crippen LogP) is -0.323. The zero-order chi connectivity index (χ0) is 12.3. The molecule has 2 amide bonds. The fourth-order valence-electron chi connectivity index (χ4n) is 2.47. The Bertz CT molecular complexity index is 296. The molecule has 0 bridgehead atoms. The fourth-order valence-corrected chi connectivity index (χ4v) is 2.47. The average molecular weight is 239 g/mol. The van der Waals surface area contributed by atoms with Crippen molar-refractivity contribution in [1.82, 2.24) is 15.1 Å². The van der Waals surface area contributed by atoms with Crippen LogP contribution in [0.4, 0.5) is 0 Å². The Labute approximate surface area is 102 Å². The van der Waals surface area contributed by atoms with E-state index in [2.05, 4.69) is 17.3 Å². The lowest BCUT2D eigenvalue weighted by Gasteiger charge is -2.28. The lowest BCUT2D eigenvalue weighted by atomic mass is 9.97. The number of amides is 2. The first kappa shape index (κ1) is 12.4. The van der Waals surface area contributed by atoms with Crippen LogP contribution in [0.3, 0.4) is 0 Å². The van der Waals surface area contributed by atoms with Crippen molar-refractivity contribution in [2.75, 3.05) is 39.8 Å². The lowest BCUT2D eigenvalue weighted by molar-refractivity contribution is -0.137. The molecule has 96 valence electrons. The highest BCUT2D eigenvalue weighted by atomic mass is 16.2. The van der Waals surface area contributed by atoms with Crippen LogP contribution in [0, 0.1) is 5.92 Å². The van der Waals surface area contributed by atoms with Gasteiger partial charge < -0.3 is 15.1 Å². The molecule has 0 aliphatic carbocycles. The van der Waals surface area contributed by atoms with Gasteiger partial charge in [0.2, 0.25) is 11.8 Å². The van der Waals surface area contributed by atoms with E-state index >= 15 is 0 Å². The van der Waals surface area contributed by atoms with Gasteiger partial charge in [-0.3, -0.25) is 9.59 Å². The van der Waals surface area contributed by atoms with Crippen LogP contribution in [-0.2, 0) is 9.59 Å². The van der Waals surface area contributed by atoms with E-state index in [0.717, 1.165) is 32.6 Å². The predicted molar refractivity (Wildman–Crippen MR) is 64.4 cm³/mol. The number of nitrogens with zero attached hydrogens (tertiary/aromatic N) is 2. The van der Waals surface area contributed by atoms with Gasteiger partial charge in [-0.2, -0.15) is 0 Å². The average Bonchev–Trinajstić information content (AvgIpc) is 2.54. The molecule has 5 nitrogen and oxygen atoms in total. The summed E-state index contributed by atoms with van der Waals surface area (Å²) in [6, 6.07) is 0. The Morgan fingerprint density at radius 3 is 2.82 bits per heavy atom. The lowest BCUT2D eigenvalue weighted by Crippen LogP contribution is -2.45. The van der Waals surface area contributed by atoms with Crippen molar-refractivity contribution in [3.63, 3.8) is 0 Å². The van der Waals surface area contributed by atoms with Gasteiger partial charge in [0, 0.05) is 32.6 Å². The molecule has 0 radical (unpaired) electrons. The van der Waals surface area contributed by atoms with E-state index in [1.54, 1.807) is 0 Å². The Hall–Kier alpha value is -1.10. The number of hydrogen-bond donors (Lipinski definition) is 1. The summed E-state index contributed by atoms with van der Waals surface area (Å²) in [5.41, 5.74) is 0. The first-order valence-electron chi connectivity index (χ1n) is 6.41. The molecule has 1 atom stereocenters. The summed E-state index contributed by atoms with van der Waals surface area (Å²) >= 11 is 0. The van der Waals surface area contributed by atoms with Gasteiger partial charge in [0.15, 0.2) is 0 Å². The number of likely N-dealkylation sites (N-methyl/N-ethyl adjacent to an activating group) is 1.